The predicted octanol–water partition coefficient (Wildman–Crippen LogP) is 1.43. The van der Waals surface area contributed by atoms with Crippen LogP contribution in [-0.2, 0) is 15.6 Å². The van der Waals surface area contributed by atoms with Crippen molar-refractivity contribution in [1.82, 2.24) is 0 Å². The van der Waals surface area contributed by atoms with Gasteiger partial charge in [-0.05, 0) is 5.56 Å². The van der Waals surface area contributed by atoms with E-state index in [9.17, 15) is 18.5 Å². The van der Waals surface area contributed by atoms with Gasteiger partial charge in [-0.2, -0.15) is 12.6 Å². The van der Waals surface area contributed by atoms with Crippen molar-refractivity contribution in [1.29, 1.82) is 0 Å². The molecule has 15 heavy (non-hydrogen) atoms. The van der Waals surface area contributed by atoms with Gasteiger partial charge in [-0.1, -0.05) is 6.07 Å². The van der Waals surface area contributed by atoms with Crippen LogP contribution in [0.25, 0.3) is 0 Å². The molecule has 0 atom stereocenters. The Hall–Kier alpha value is -1.08. The highest BCUT2D eigenvalue weighted by atomic mass is 32.2. The first-order valence-corrected chi connectivity index (χ1v) is 6.47. The van der Waals surface area contributed by atoms with Crippen LogP contribution in [0.1, 0.15) is 5.56 Å². The van der Waals surface area contributed by atoms with Gasteiger partial charge in [0.2, 0.25) is 0 Å². The third-order valence-corrected chi connectivity index (χ3v) is 3.35. The highest BCUT2D eigenvalue weighted by Crippen LogP contribution is 2.23. The van der Waals surface area contributed by atoms with Crippen LogP contribution in [-0.4, -0.2) is 19.6 Å². The molecule has 0 fully saturated rings. The van der Waals surface area contributed by atoms with Gasteiger partial charge in [0, 0.05) is 24.1 Å². The van der Waals surface area contributed by atoms with E-state index in [0.29, 0.717) is 5.56 Å². The number of thiol groups is 1. The molecular weight excluding hydrogens is 238 g/mol. The van der Waals surface area contributed by atoms with Crippen molar-refractivity contribution in [2.75, 3.05) is 6.26 Å². The molecule has 0 saturated carbocycles. The Bertz CT molecular complexity index is 495. The lowest BCUT2D eigenvalue weighted by atomic mass is 10.2. The molecule has 0 aliphatic heterocycles. The summed E-state index contributed by atoms with van der Waals surface area (Å²) in [5, 5.41) is 10.5. The summed E-state index contributed by atoms with van der Waals surface area (Å²) in [7, 11) is -3.45. The molecular formula is C8H9NO4S2. The predicted molar refractivity (Wildman–Crippen MR) is 58.9 cm³/mol. The summed E-state index contributed by atoms with van der Waals surface area (Å²) >= 11 is 3.96. The molecule has 1 aromatic carbocycles. The molecule has 0 saturated heterocycles. The van der Waals surface area contributed by atoms with Gasteiger partial charge < -0.3 is 0 Å². The fraction of sp³-hybridized carbons (Fsp3) is 0.250. The smallest absolute Gasteiger partial charge is 0.258 e. The van der Waals surface area contributed by atoms with E-state index < -0.39 is 14.8 Å². The summed E-state index contributed by atoms with van der Waals surface area (Å²) in [6.07, 6.45) is 1.01. The number of nitrogens with zero attached hydrogens (tertiary/aromatic N) is 1. The van der Waals surface area contributed by atoms with Crippen LogP contribution in [0.5, 0.6) is 0 Å². The van der Waals surface area contributed by atoms with Crippen molar-refractivity contribution in [2.45, 2.75) is 10.6 Å². The Morgan fingerprint density at radius 3 is 2.47 bits per heavy atom. The third-order valence-electron chi connectivity index (χ3n) is 1.83. The molecule has 0 aliphatic rings. The van der Waals surface area contributed by atoms with Crippen LogP contribution in [0.2, 0.25) is 0 Å². The Balaban J connectivity index is 3.46. The number of nitro benzene ring substituents is 1. The standard InChI is InChI=1S/C8H9NO4S2/c1-15(12,13)8-4-7(9(10)11)3-2-6(8)5-14/h2-4,14H,5H2,1H3. The highest BCUT2D eigenvalue weighted by molar-refractivity contribution is 7.90. The van der Waals surface area contributed by atoms with Crippen molar-refractivity contribution < 1.29 is 13.3 Å². The third kappa shape index (κ3) is 2.69. The number of sulfone groups is 1. The fourth-order valence-electron chi connectivity index (χ4n) is 1.13. The normalized spacial score (nSPS) is 11.3. The topological polar surface area (TPSA) is 77.3 Å². The van der Waals surface area contributed by atoms with Crippen molar-refractivity contribution in [3.63, 3.8) is 0 Å². The van der Waals surface area contributed by atoms with Gasteiger partial charge in [-0.3, -0.25) is 10.1 Å². The van der Waals surface area contributed by atoms with Gasteiger partial charge in [0.15, 0.2) is 9.84 Å². The minimum atomic E-state index is -3.45. The molecule has 0 heterocycles. The molecule has 0 bridgehead atoms. The van der Waals surface area contributed by atoms with E-state index in [1.807, 2.05) is 0 Å². The van der Waals surface area contributed by atoms with Gasteiger partial charge in [0.1, 0.15) is 0 Å². The lowest BCUT2D eigenvalue weighted by molar-refractivity contribution is -0.385. The van der Waals surface area contributed by atoms with E-state index in [-0.39, 0.29) is 16.3 Å². The molecule has 0 N–H and O–H groups in total. The maximum absolute atomic E-state index is 11.3. The van der Waals surface area contributed by atoms with Gasteiger partial charge in [0.25, 0.3) is 5.69 Å². The zero-order valence-corrected chi connectivity index (χ0v) is 9.59. The zero-order valence-electron chi connectivity index (χ0n) is 7.87. The second kappa shape index (κ2) is 4.19. The monoisotopic (exact) mass is 247 g/mol. The molecule has 82 valence electrons. The quantitative estimate of drug-likeness (QED) is 0.498. The van der Waals surface area contributed by atoms with Crippen LogP contribution in [0.3, 0.4) is 0 Å². The average molecular weight is 247 g/mol. The molecule has 0 amide bonds. The van der Waals surface area contributed by atoms with Crippen molar-refractivity contribution in [2.24, 2.45) is 0 Å². The van der Waals surface area contributed by atoms with Gasteiger partial charge in [-0.15, -0.1) is 0 Å². The molecule has 0 radical (unpaired) electrons. The summed E-state index contributed by atoms with van der Waals surface area (Å²) in [4.78, 5) is 9.81. The zero-order chi connectivity index (χ0) is 11.6. The number of rotatable bonds is 3. The summed E-state index contributed by atoms with van der Waals surface area (Å²) in [6.45, 7) is 0. The summed E-state index contributed by atoms with van der Waals surface area (Å²) in [5.74, 6) is 0.223. The molecule has 1 aromatic rings. The molecule has 0 spiro atoms. The Kier molecular flexibility index (Phi) is 3.35. The highest BCUT2D eigenvalue weighted by Gasteiger charge is 2.17. The first kappa shape index (κ1) is 12.0. The number of nitro groups is 1. The van der Waals surface area contributed by atoms with Gasteiger partial charge in [0.05, 0.1) is 9.82 Å². The van der Waals surface area contributed by atoms with E-state index in [4.69, 9.17) is 0 Å². The second-order valence-electron chi connectivity index (χ2n) is 2.98. The largest absolute Gasteiger partial charge is 0.270 e. The molecule has 0 aliphatic carbocycles. The summed E-state index contributed by atoms with van der Waals surface area (Å²) in [5.41, 5.74) is 0.229. The van der Waals surface area contributed by atoms with Crippen LogP contribution >= 0.6 is 12.6 Å². The second-order valence-corrected chi connectivity index (χ2v) is 5.28. The number of hydrogen-bond acceptors (Lipinski definition) is 5. The number of hydrogen-bond donors (Lipinski definition) is 1. The van der Waals surface area contributed by atoms with E-state index >= 15 is 0 Å². The lowest BCUT2D eigenvalue weighted by Crippen LogP contribution is -2.02. The van der Waals surface area contributed by atoms with Crippen molar-refractivity contribution in [3.05, 3.63) is 33.9 Å². The van der Waals surface area contributed by atoms with Crippen LogP contribution in [0, 0.1) is 10.1 Å². The Morgan fingerprint density at radius 2 is 2.07 bits per heavy atom. The number of benzene rings is 1. The first-order chi connectivity index (χ1) is 6.86. The van der Waals surface area contributed by atoms with E-state index in [0.717, 1.165) is 12.3 Å². The van der Waals surface area contributed by atoms with Crippen LogP contribution in [0.4, 0.5) is 5.69 Å². The number of non-ortho nitro benzene ring substituents is 1. The van der Waals surface area contributed by atoms with Crippen LogP contribution < -0.4 is 0 Å². The molecule has 1 rings (SSSR count). The summed E-state index contributed by atoms with van der Waals surface area (Å²) in [6, 6.07) is 3.72. The molecule has 7 heteroatoms. The Morgan fingerprint density at radius 1 is 1.47 bits per heavy atom. The minimum absolute atomic E-state index is 0.0355. The molecule has 0 aromatic heterocycles. The SMILES string of the molecule is CS(=O)(=O)c1cc([N+](=O)[O-])ccc1CS. The average Bonchev–Trinajstić information content (AvgIpc) is 2.15. The van der Waals surface area contributed by atoms with Gasteiger partial charge in [-0.25, -0.2) is 8.42 Å². The van der Waals surface area contributed by atoms with E-state index in [1.165, 1.54) is 12.1 Å². The maximum Gasteiger partial charge on any atom is 0.270 e. The maximum atomic E-state index is 11.3. The van der Waals surface area contributed by atoms with Crippen molar-refractivity contribution >= 4 is 28.2 Å². The van der Waals surface area contributed by atoms with Crippen molar-refractivity contribution in [3.8, 4) is 0 Å². The van der Waals surface area contributed by atoms with Crippen LogP contribution in [0.15, 0.2) is 23.1 Å². The minimum Gasteiger partial charge on any atom is -0.258 e. The molecule has 0 unspecified atom stereocenters. The first-order valence-electron chi connectivity index (χ1n) is 3.94. The molecule has 5 nitrogen and oxygen atoms in total. The Labute approximate surface area is 92.6 Å². The lowest BCUT2D eigenvalue weighted by Gasteiger charge is -2.04. The van der Waals surface area contributed by atoms with E-state index in [1.54, 1.807) is 0 Å². The van der Waals surface area contributed by atoms with Gasteiger partial charge >= 0.3 is 0 Å². The fourth-order valence-corrected chi connectivity index (χ4v) is 2.47. The summed E-state index contributed by atoms with van der Waals surface area (Å²) < 4.78 is 22.7. The van der Waals surface area contributed by atoms with E-state index in [2.05, 4.69) is 12.6 Å².